The summed E-state index contributed by atoms with van der Waals surface area (Å²) >= 11 is 0. The van der Waals surface area contributed by atoms with Gasteiger partial charge in [-0.05, 0) is 45.1 Å². The number of nitrogens with one attached hydrogen (secondary N) is 1. The fourth-order valence-corrected chi connectivity index (χ4v) is 2.73. The molecule has 5 nitrogen and oxygen atoms in total. The van der Waals surface area contributed by atoms with Gasteiger partial charge in [-0.15, -0.1) is 0 Å². The average molecular weight is 247 g/mol. The molecule has 0 saturated carbocycles. The van der Waals surface area contributed by atoms with Crippen LogP contribution in [0.25, 0.3) is 11.0 Å². The van der Waals surface area contributed by atoms with Gasteiger partial charge >= 0.3 is 5.69 Å². The van der Waals surface area contributed by atoms with Gasteiger partial charge in [0.15, 0.2) is 0 Å². The molecule has 0 spiro atoms. The van der Waals surface area contributed by atoms with E-state index in [0.717, 1.165) is 37.0 Å². The first-order valence-corrected chi connectivity index (χ1v) is 6.27. The van der Waals surface area contributed by atoms with Crippen molar-refractivity contribution in [3.63, 3.8) is 0 Å². The van der Waals surface area contributed by atoms with Crippen molar-refractivity contribution in [1.29, 1.82) is 0 Å². The molecule has 2 heterocycles. The number of aromatic amines is 1. The molecule has 0 bridgehead atoms. The number of hydrogen-bond acceptors (Lipinski definition) is 3. The van der Waals surface area contributed by atoms with E-state index in [-0.39, 0.29) is 17.5 Å². The lowest BCUT2D eigenvalue weighted by molar-refractivity contribution is 0.221. The fraction of sp³-hybridized carbons (Fsp3) is 0.462. The Kier molecular flexibility index (Phi) is 2.63. The Morgan fingerprint density at radius 3 is 2.78 bits per heavy atom. The van der Waals surface area contributed by atoms with Gasteiger partial charge in [-0.3, -0.25) is 4.57 Å². The van der Waals surface area contributed by atoms with Crippen LogP contribution in [0.15, 0.2) is 23.0 Å². The monoisotopic (exact) mass is 247 g/mol. The van der Waals surface area contributed by atoms with E-state index in [1.54, 1.807) is 22.8 Å². The number of phenolic OH excluding ortho intramolecular Hbond substituents is 1. The van der Waals surface area contributed by atoms with E-state index in [0.29, 0.717) is 0 Å². The van der Waals surface area contributed by atoms with Crippen molar-refractivity contribution in [3.8, 4) is 5.75 Å². The van der Waals surface area contributed by atoms with E-state index < -0.39 is 0 Å². The van der Waals surface area contributed by atoms with Crippen molar-refractivity contribution in [2.45, 2.75) is 18.9 Å². The molecule has 2 aromatic rings. The molecule has 3 rings (SSSR count). The molecular weight excluding hydrogens is 230 g/mol. The number of aromatic nitrogens is 2. The summed E-state index contributed by atoms with van der Waals surface area (Å²) in [6, 6.07) is 5.23. The number of phenols is 1. The summed E-state index contributed by atoms with van der Waals surface area (Å²) in [6.45, 7) is 2.01. The summed E-state index contributed by atoms with van der Waals surface area (Å²) in [5.41, 5.74) is 1.51. The lowest BCUT2D eigenvalue weighted by Gasteiger charge is -2.29. The Morgan fingerprint density at radius 2 is 2.06 bits per heavy atom. The van der Waals surface area contributed by atoms with Crippen LogP contribution in [0.3, 0.4) is 0 Å². The second-order valence-electron chi connectivity index (χ2n) is 5.04. The SMILES string of the molecule is CN1CCC(n2c(=O)[nH]c3ccc(O)cc32)CC1. The minimum atomic E-state index is -0.0786. The predicted molar refractivity (Wildman–Crippen MR) is 70.0 cm³/mol. The molecule has 1 fully saturated rings. The normalized spacial score (nSPS) is 18.5. The molecule has 5 heteroatoms. The van der Waals surface area contributed by atoms with Crippen LogP contribution < -0.4 is 5.69 Å². The van der Waals surface area contributed by atoms with Crippen LogP contribution in [-0.2, 0) is 0 Å². The third-order valence-corrected chi connectivity index (χ3v) is 3.75. The first-order valence-electron chi connectivity index (χ1n) is 6.27. The van der Waals surface area contributed by atoms with E-state index in [9.17, 15) is 9.90 Å². The van der Waals surface area contributed by atoms with Crippen LogP contribution >= 0.6 is 0 Å². The van der Waals surface area contributed by atoms with E-state index >= 15 is 0 Å². The zero-order valence-electron chi connectivity index (χ0n) is 10.4. The molecule has 1 aromatic heterocycles. The Bertz CT molecular complexity index is 621. The summed E-state index contributed by atoms with van der Waals surface area (Å²) in [4.78, 5) is 17.2. The smallest absolute Gasteiger partial charge is 0.326 e. The van der Waals surface area contributed by atoms with Crippen molar-refractivity contribution in [1.82, 2.24) is 14.5 Å². The molecule has 1 aliphatic heterocycles. The number of piperidine rings is 1. The maximum absolute atomic E-state index is 12.0. The Balaban J connectivity index is 2.08. The molecule has 2 N–H and O–H groups in total. The van der Waals surface area contributed by atoms with Crippen LogP contribution in [-0.4, -0.2) is 39.7 Å². The molecule has 0 radical (unpaired) electrons. The zero-order valence-corrected chi connectivity index (χ0v) is 10.4. The summed E-state index contributed by atoms with van der Waals surface area (Å²) in [5, 5.41) is 9.57. The summed E-state index contributed by atoms with van der Waals surface area (Å²) in [5.74, 6) is 0.197. The maximum Gasteiger partial charge on any atom is 0.326 e. The van der Waals surface area contributed by atoms with Crippen LogP contribution in [0, 0.1) is 0 Å². The highest BCUT2D eigenvalue weighted by molar-refractivity contribution is 5.77. The molecule has 0 amide bonds. The molecule has 0 atom stereocenters. The number of fused-ring (bicyclic) bond motifs is 1. The van der Waals surface area contributed by atoms with Gasteiger partial charge in [-0.2, -0.15) is 0 Å². The highest BCUT2D eigenvalue weighted by atomic mass is 16.3. The molecule has 1 aliphatic rings. The van der Waals surface area contributed by atoms with Gasteiger partial charge in [-0.1, -0.05) is 0 Å². The Hall–Kier alpha value is -1.75. The summed E-state index contributed by atoms with van der Waals surface area (Å²) < 4.78 is 1.79. The van der Waals surface area contributed by atoms with Crippen molar-refractivity contribution in [2.24, 2.45) is 0 Å². The number of benzene rings is 1. The number of imidazole rings is 1. The molecule has 1 aromatic carbocycles. The minimum absolute atomic E-state index is 0.0786. The Labute approximate surface area is 105 Å². The second-order valence-corrected chi connectivity index (χ2v) is 5.04. The molecule has 0 aliphatic carbocycles. The van der Waals surface area contributed by atoms with Crippen molar-refractivity contribution >= 4 is 11.0 Å². The van der Waals surface area contributed by atoms with Crippen molar-refractivity contribution < 1.29 is 5.11 Å². The van der Waals surface area contributed by atoms with Crippen molar-refractivity contribution in [3.05, 3.63) is 28.7 Å². The molecule has 96 valence electrons. The molecule has 1 saturated heterocycles. The first-order chi connectivity index (χ1) is 8.65. The molecule has 0 unspecified atom stereocenters. The van der Waals surface area contributed by atoms with E-state index in [2.05, 4.69) is 16.9 Å². The highest BCUT2D eigenvalue weighted by Crippen LogP contribution is 2.25. The van der Waals surface area contributed by atoms with Crippen LogP contribution in [0.5, 0.6) is 5.75 Å². The predicted octanol–water partition coefficient (Wildman–Crippen LogP) is 1.30. The quantitative estimate of drug-likeness (QED) is 0.798. The number of rotatable bonds is 1. The fourth-order valence-electron chi connectivity index (χ4n) is 2.73. The van der Waals surface area contributed by atoms with Gasteiger partial charge in [0, 0.05) is 12.1 Å². The van der Waals surface area contributed by atoms with E-state index in [4.69, 9.17) is 0 Å². The van der Waals surface area contributed by atoms with Crippen LogP contribution in [0.2, 0.25) is 0 Å². The highest BCUT2D eigenvalue weighted by Gasteiger charge is 2.21. The van der Waals surface area contributed by atoms with Crippen LogP contribution in [0.1, 0.15) is 18.9 Å². The largest absolute Gasteiger partial charge is 0.508 e. The van der Waals surface area contributed by atoms with Gasteiger partial charge in [0.1, 0.15) is 5.75 Å². The van der Waals surface area contributed by atoms with E-state index in [1.165, 1.54) is 0 Å². The van der Waals surface area contributed by atoms with Crippen LogP contribution in [0.4, 0.5) is 0 Å². The number of likely N-dealkylation sites (tertiary alicyclic amines) is 1. The third kappa shape index (κ3) is 1.80. The second kappa shape index (κ2) is 4.17. The lowest BCUT2D eigenvalue weighted by Crippen LogP contribution is -2.34. The van der Waals surface area contributed by atoms with Gasteiger partial charge < -0.3 is 15.0 Å². The van der Waals surface area contributed by atoms with Gasteiger partial charge in [-0.25, -0.2) is 4.79 Å². The summed E-state index contributed by atoms with van der Waals surface area (Å²) in [7, 11) is 2.10. The number of aromatic hydroxyl groups is 1. The number of nitrogens with zero attached hydrogens (tertiary/aromatic N) is 2. The number of hydrogen-bond donors (Lipinski definition) is 2. The topological polar surface area (TPSA) is 61.3 Å². The summed E-state index contributed by atoms with van der Waals surface area (Å²) in [6.07, 6.45) is 1.94. The standard InChI is InChI=1S/C13H17N3O2/c1-15-6-4-9(5-7-15)16-12-8-10(17)2-3-11(12)14-13(16)18/h2-3,8-9,17H,4-7H2,1H3,(H,14,18). The van der Waals surface area contributed by atoms with Gasteiger partial charge in [0.25, 0.3) is 0 Å². The maximum atomic E-state index is 12.0. The van der Waals surface area contributed by atoms with Gasteiger partial charge in [0.05, 0.1) is 11.0 Å². The Morgan fingerprint density at radius 1 is 1.33 bits per heavy atom. The zero-order chi connectivity index (χ0) is 12.7. The van der Waals surface area contributed by atoms with E-state index in [1.807, 2.05) is 0 Å². The van der Waals surface area contributed by atoms with Crippen molar-refractivity contribution in [2.75, 3.05) is 20.1 Å². The van der Waals surface area contributed by atoms with Gasteiger partial charge in [0.2, 0.25) is 0 Å². The lowest BCUT2D eigenvalue weighted by atomic mass is 10.1. The first kappa shape index (κ1) is 11.3. The average Bonchev–Trinajstić information content (AvgIpc) is 2.66. The molecule has 18 heavy (non-hydrogen) atoms. The minimum Gasteiger partial charge on any atom is -0.508 e. The third-order valence-electron chi connectivity index (χ3n) is 3.75. The molecular formula is C13H17N3O2. The number of H-pyrrole nitrogens is 1.